The summed E-state index contributed by atoms with van der Waals surface area (Å²) in [7, 11) is 0. The van der Waals surface area contributed by atoms with Crippen molar-refractivity contribution < 1.29 is 0 Å². The van der Waals surface area contributed by atoms with Gasteiger partial charge in [0.15, 0.2) is 5.16 Å². The largest absolute Gasteiger partial charge is 0.383 e. The van der Waals surface area contributed by atoms with E-state index in [1.54, 1.807) is 0 Å². The first-order chi connectivity index (χ1) is 10.0. The minimum atomic E-state index is -0.0823. The zero-order valence-electron chi connectivity index (χ0n) is 11.7. The molecule has 5 nitrogen and oxygen atoms in total. The van der Waals surface area contributed by atoms with Gasteiger partial charge in [0.05, 0.1) is 5.25 Å². The van der Waals surface area contributed by atoms with Gasteiger partial charge >= 0.3 is 0 Å². The van der Waals surface area contributed by atoms with E-state index < -0.39 is 0 Å². The first-order valence-electron chi connectivity index (χ1n) is 6.58. The molecule has 1 aromatic carbocycles. The van der Waals surface area contributed by atoms with Crippen LogP contribution in [0.4, 0.5) is 11.6 Å². The molecule has 0 radical (unpaired) electrons. The van der Waals surface area contributed by atoms with Gasteiger partial charge in [0.2, 0.25) is 0 Å². The summed E-state index contributed by atoms with van der Waals surface area (Å²) in [5.74, 6) is 0.681. The minimum absolute atomic E-state index is 0.0649. The highest BCUT2D eigenvalue weighted by Gasteiger charge is 2.23. The van der Waals surface area contributed by atoms with Gasteiger partial charge in [0.1, 0.15) is 11.6 Å². The number of nitrogens with zero attached hydrogens (tertiary/aromatic N) is 2. The van der Waals surface area contributed by atoms with Crippen LogP contribution >= 0.6 is 23.4 Å². The number of nitrogen functional groups attached to an aromatic ring is 2. The van der Waals surface area contributed by atoms with E-state index in [0.29, 0.717) is 21.8 Å². The molecule has 0 aliphatic heterocycles. The lowest BCUT2D eigenvalue weighted by Gasteiger charge is -2.23. The molecule has 21 heavy (non-hydrogen) atoms. The van der Waals surface area contributed by atoms with Crippen molar-refractivity contribution in [3.63, 3.8) is 0 Å². The molecule has 1 heterocycles. The lowest BCUT2D eigenvalue weighted by Crippen LogP contribution is -2.26. The fourth-order valence-corrected chi connectivity index (χ4v) is 3.49. The third-order valence-corrected chi connectivity index (χ3v) is 4.64. The van der Waals surface area contributed by atoms with E-state index in [4.69, 9.17) is 28.8 Å². The number of aromatic nitrogens is 2. The highest BCUT2D eigenvalue weighted by molar-refractivity contribution is 7.99. The number of nitrogens with two attached hydrogens (primary N) is 3. The predicted octanol–water partition coefficient (Wildman–Crippen LogP) is 2.87. The molecular formula is C14H18ClN5S. The van der Waals surface area contributed by atoms with Gasteiger partial charge in [-0.05, 0) is 18.1 Å². The molecule has 0 bridgehead atoms. The maximum atomic E-state index is 6.29. The average molecular weight is 324 g/mol. The first-order valence-corrected chi connectivity index (χ1v) is 7.83. The SMILES string of the molecule is CCC(N)C(Sc1nc(N)cc(N)n1)c1ccccc1Cl. The molecule has 2 aromatic rings. The van der Waals surface area contributed by atoms with Crippen molar-refractivity contribution >= 4 is 35.0 Å². The van der Waals surface area contributed by atoms with E-state index in [2.05, 4.69) is 9.97 Å². The minimum Gasteiger partial charge on any atom is -0.383 e. The second kappa shape index (κ2) is 6.98. The maximum Gasteiger partial charge on any atom is 0.192 e. The number of halogens is 1. The molecule has 112 valence electrons. The number of anilines is 2. The zero-order chi connectivity index (χ0) is 15.4. The lowest BCUT2D eigenvalue weighted by molar-refractivity contribution is 0.632. The quantitative estimate of drug-likeness (QED) is 0.577. The van der Waals surface area contributed by atoms with E-state index in [1.807, 2.05) is 31.2 Å². The molecule has 0 fully saturated rings. The monoisotopic (exact) mass is 323 g/mol. The summed E-state index contributed by atoms with van der Waals surface area (Å²) in [5.41, 5.74) is 18.6. The molecule has 0 aliphatic rings. The van der Waals surface area contributed by atoms with Crippen LogP contribution in [0.1, 0.15) is 24.2 Å². The van der Waals surface area contributed by atoms with Crippen LogP contribution in [-0.2, 0) is 0 Å². The van der Waals surface area contributed by atoms with Gasteiger partial charge in [0.25, 0.3) is 0 Å². The number of hydrogen-bond donors (Lipinski definition) is 3. The Morgan fingerprint density at radius 2 is 1.81 bits per heavy atom. The van der Waals surface area contributed by atoms with Crippen molar-refractivity contribution in [1.29, 1.82) is 0 Å². The van der Waals surface area contributed by atoms with Gasteiger partial charge in [0, 0.05) is 17.1 Å². The Balaban J connectivity index is 2.35. The normalized spacial score (nSPS) is 13.9. The molecule has 6 N–H and O–H groups in total. The van der Waals surface area contributed by atoms with Crippen molar-refractivity contribution in [1.82, 2.24) is 9.97 Å². The third kappa shape index (κ3) is 4.00. The van der Waals surface area contributed by atoms with E-state index in [0.717, 1.165) is 12.0 Å². The van der Waals surface area contributed by atoms with Crippen LogP contribution in [0, 0.1) is 0 Å². The summed E-state index contributed by atoms with van der Waals surface area (Å²) >= 11 is 7.72. The molecule has 2 atom stereocenters. The average Bonchev–Trinajstić information content (AvgIpc) is 2.44. The Morgan fingerprint density at radius 3 is 2.38 bits per heavy atom. The summed E-state index contributed by atoms with van der Waals surface area (Å²) in [4.78, 5) is 8.39. The van der Waals surface area contributed by atoms with Crippen LogP contribution in [0.5, 0.6) is 0 Å². The van der Waals surface area contributed by atoms with Gasteiger partial charge < -0.3 is 17.2 Å². The number of rotatable bonds is 5. The van der Waals surface area contributed by atoms with Crippen LogP contribution in [0.3, 0.4) is 0 Å². The van der Waals surface area contributed by atoms with Crippen LogP contribution in [-0.4, -0.2) is 16.0 Å². The maximum absolute atomic E-state index is 6.29. The summed E-state index contributed by atoms with van der Waals surface area (Å²) in [6.45, 7) is 2.03. The molecule has 7 heteroatoms. The third-order valence-electron chi connectivity index (χ3n) is 3.05. The summed E-state index contributed by atoms with van der Waals surface area (Å²) in [6.07, 6.45) is 0.806. The molecule has 2 rings (SSSR count). The standard InChI is InChI=1S/C14H18ClN5S/c1-2-10(16)13(8-5-3-4-6-9(8)15)21-14-19-11(17)7-12(18)20-14/h3-7,10,13H,2,16H2,1H3,(H4,17,18,19,20). The molecule has 0 spiro atoms. The predicted molar refractivity (Wildman–Crippen MR) is 89.2 cm³/mol. The van der Waals surface area contributed by atoms with Gasteiger partial charge in [-0.15, -0.1) is 0 Å². The molecule has 2 unspecified atom stereocenters. The Labute approximate surface area is 133 Å². The summed E-state index contributed by atoms with van der Waals surface area (Å²) < 4.78 is 0. The van der Waals surface area contributed by atoms with E-state index in [1.165, 1.54) is 17.8 Å². The molecule has 0 saturated carbocycles. The van der Waals surface area contributed by atoms with Gasteiger partial charge in [-0.1, -0.05) is 48.5 Å². The van der Waals surface area contributed by atoms with Crippen molar-refractivity contribution in [2.45, 2.75) is 29.8 Å². The number of hydrogen-bond acceptors (Lipinski definition) is 6. The smallest absolute Gasteiger partial charge is 0.192 e. The number of thioether (sulfide) groups is 1. The van der Waals surface area contributed by atoms with Crippen LogP contribution in [0.15, 0.2) is 35.5 Å². The molecule has 0 aliphatic carbocycles. The zero-order valence-corrected chi connectivity index (χ0v) is 13.2. The number of benzene rings is 1. The first kappa shape index (κ1) is 15.9. The lowest BCUT2D eigenvalue weighted by atomic mass is 10.0. The van der Waals surface area contributed by atoms with Crippen LogP contribution in [0.2, 0.25) is 5.02 Å². The van der Waals surface area contributed by atoms with Crippen molar-refractivity contribution in [3.05, 3.63) is 40.9 Å². The fraction of sp³-hybridized carbons (Fsp3) is 0.286. The topological polar surface area (TPSA) is 104 Å². The van der Waals surface area contributed by atoms with Crippen molar-refractivity contribution in [3.8, 4) is 0 Å². The highest BCUT2D eigenvalue weighted by Crippen LogP contribution is 2.39. The van der Waals surface area contributed by atoms with Crippen molar-refractivity contribution in [2.75, 3.05) is 11.5 Å². The highest BCUT2D eigenvalue weighted by atomic mass is 35.5. The van der Waals surface area contributed by atoms with E-state index in [9.17, 15) is 0 Å². The Hall–Kier alpha value is -1.50. The Bertz CT molecular complexity index is 602. The Morgan fingerprint density at radius 1 is 1.19 bits per heavy atom. The van der Waals surface area contributed by atoms with Crippen LogP contribution in [0.25, 0.3) is 0 Å². The Kier molecular flexibility index (Phi) is 5.27. The van der Waals surface area contributed by atoms with E-state index in [-0.39, 0.29) is 11.3 Å². The van der Waals surface area contributed by atoms with Gasteiger partial charge in [-0.25, -0.2) is 9.97 Å². The summed E-state index contributed by atoms with van der Waals surface area (Å²) in [5, 5.41) is 1.11. The van der Waals surface area contributed by atoms with Crippen molar-refractivity contribution in [2.24, 2.45) is 5.73 Å². The van der Waals surface area contributed by atoms with Gasteiger partial charge in [-0.3, -0.25) is 0 Å². The van der Waals surface area contributed by atoms with Gasteiger partial charge in [-0.2, -0.15) is 0 Å². The molecule has 0 saturated heterocycles. The van der Waals surface area contributed by atoms with E-state index >= 15 is 0 Å². The summed E-state index contributed by atoms with van der Waals surface area (Å²) in [6, 6.07) is 9.08. The fourth-order valence-electron chi connectivity index (χ4n) is 1.93. The molecule has 0 amide bonds. The second-order valence-corrected chi connectivity index (χ2v) is 6.15. The second-order valence-electron chi connectivity index (χ2n) is 4.63. The van der Waals surface area contributed by atoms with Crippen LogP contribution < -0.4 is 17.2 Å². The molecule has 1 aromatic heterocycles. The molecular weight excluding hydrogens is 306 g/mol.